The van der Waals surface area contributed by atoms with E-state index in [9.17, 15) is 9.90 Å². The number of nitrogens with zero attached hydrogens (tertiary/aromatic N) is 1. The van der Waals surface area contributed by atoms with Gasteiger partial charge in [0.2, 0.25) is 5.88 Å². The molecule has 4 heteroatoms. The lowest BCUT2D eigenvalue weighted by atomic mass is 10.1. The first-order valence-electron chi connectivity index (χ1n) is 4.64. The molecule has 2 rings (SSSR count). The second-order valence-electron chi connectivity index (χ2n) is 3.57. The van der Waals surface area contributed by atoms with Gasteiger partial charge in [0, 0.05) is 7.05 Å². The molecule has 0 fully saturated rings. The summed E-state index contributed by atoms with van der Waals surface area (Å²) in [5.41, 5.74) is 1.83. The van der Waals surface area contributed by atoms with Crippen LogP contribution < -0.4 is 5.56 Å². The van der Waals surface area contributed by atoms with Crippen molar-refractivity contribution in [1.29, 1.82) is 0 Å². The van der Waals surface area contributed by atoms with Crippen molar-refractivity contribution in [1.82, 2.24) is 9.78 Å². The van der Waals surface area contributed by atoms with Crippen LogP contribution in [0.15, 0.2) is 29.1 Å². The Bertz CT molecular complexity index is 552. The summed E-state index contributed by atoms with van der Waals surface area (Å²) >= 11 is 0. The summed E-state index contributed by atoms with van der Waals surface area (Å²) in [7, 11) is 1.59. The number of nitrogens with one attached hydrogen (secondary N) is 1. The quantitative estimate of drug-likeness (QED) is 0.737. The van der Waals surface area contributed by atoms with E-state index in [0.29, 0.717) is 5.56 Å². The van der Waals surface area contributed by atoms with E-state index in [2.05, 4.69) is 5.10 Å². The van der Waals surface area contributed by atoms with Gasteiger partial charge < -0.3 is 5.11 Å². The van der Waals surface area contributed by atoms with Gasteiger partial charge >= 0.3 is 0 Å². The molecule has 0 unspecified atom stereocenters. The van der Waals surface area contributed by atoms with Gasteiger partial charge in [0.25, 0.3) is 5.56 Å². The average Bonchev–Trinajstić information content (AvgIpc) is 2.41. The molecule has 0 aliphatic rings. The predicted molar refractivity (Wildman–Crippen MR) is 57.9 cm³/mol. The first kappa shape index (κ1) is 9.58. The molecule has 15 heavy (non-hydrogen) atoms. The van der Waals surface area contributed by atoms with Crippen molar-refractivity contribution in [3.05, 3.63) is 40.2 Å². The fourth-order valence-electron chi connectivity index (χ4n) is 1.59. The van der Waals surface area contributed by atoms with Gasteiger partial charge in [-0.05, 0) is 12.5 Å². The van der Waals surface area contributed by atoms with Gasteiger partial charge in [0.15, 0.2) is 0 Å². The Morgan fingerprint density at radius 3 is 2.67 bits per heavy atom. The third-order valence-electron chi connectivity index (χ3n) is 2.34. The van der Waals surface area contributed by atoms with Gasteiger partial charge in [-0.25, -0.2) is 0 Å². The fourth-order valence-corrected chi connectivity index (χ4v) is 1.59. The molecule has 0 spiro atoms. The molecule has 0 atom stereocenters. The zero-order valence-electron chi connectivity index (χ0n) is 8.61. The van der Waals surface area contributed by atoms with Crippen LogP contribution in [0.5, 0.6) is 5.88 Å². The van der Waals surface area contributed by atoms with E-state index in [1.54, 1.807) is 13.1 Å². The van der Waals surface area contributed by atoms with Gasteiger partial charge in [-0.3, -0.25) is 14.6 Å². The maximum atomic E-state index is 11.5. The van der Waals surface area contributed by atoms with E-state index in [1.165, 1.54) is 4.68 Å². The van der Waals surface area contributed by atoms with Crippen molar-refractivity contribution in [2.75, 3.05) is 0 Å². The summed E-state index contributed by atoms with van der Waals surface area (Å²) < 4.78 is 1.31. The van der Waals surface area contributed by atoms with E-state index in [-0.39, 0.29) is 11.4 Å². The summed E-state index contributed by atoms with van der Waals surface area (Å²) in [6.07, 6.45) is 0. The summed E-state index contributed by atoms with van der Waals surface area (Å²) in [6.45, 7) is 1.94. The number of aromatic hydroxyl groups is 1. The molecule has 78 valence electrons. The Labute approximate surface area is 86.8 Å². The molecule has 0 saturated heterocycles. The number of aromatic amines is 1. The van der Waals surface area contributed by atoms with Gasteiger partial charge in [0.1, 0.15) is 5.56 Å². The normalized spacial score (nSPS) is 10.5. The number of H-pyrrole nitrogens is 1. The van der Waals surface area contributed by atoms with Crippen molar-refractivity contribution in [2.24, 2.45) is 7.05 Å². The summed E-state index contributed by atoms with van der Waals surface area (Å²) in [5.74, 6) is -0.0365. The maximum Gasteiger partial charge on any atom is 0.275 e. The summed E-state index contributed by atoms with van der Waals surface area (Å²) in [6, 6.07) is 7.47. The Morgan fingerprint density at radius 2 is 2.13 bits per heavy atom. The Balaban J connectivity index is 2.69. The minimum atomic E-state index is -0.277. The van der Waals surface area contributed by atoms with Crippen LogP contribution in [-0.4, -0.2) is 14.9 Å². The molecule has 0 bridgehead atoms. The largest absolute Gasteiger partial charge is 0.493 e. The number of hydrogen-bond donors (Lipinski definition) is 2. The molecule has 0 saturated carbocycles. The Morgan fingerprint density at radius 1 is 1.40 bits per heavy atom. The van der Waals surface area contributed by atoms with Crippen LogP contribution in [0.4, 0.5) is 0 Å². The van der Waals surface area contributed by atoms with Crippen LogP contribution in [0, 0.1) is 6.92 Å². The molecular weight excluding hydrogens is 192 g/mol. The Kier molecular flexibility index (Phi) is 2.11. The highest BCUT2D eigenvalue weighted by Gasteiger charge is 2.13. The van der Waals surface area contributed by atoms with Crippen molar-refractivity contribution in [2.45, 2.75) is 6.92 Å². The van der Waals surface area contributed by atoms with E-state index in [4.69, 9.17) is 0 Å². The molecule has 2 N–H and O–H groups in total. The molecule has 1 aromatic heterocycles. The lowest BCUT2D eigenvalue weighted by molar-refractivity contribution is 0.420. The van der Waals surface area contributed by atoms with Crippen molar-refractivity contribution < 1.29 is 5.11 Å². The number of hydrogen-bond acceptors (Lipinski definition) is 2. The first-order valence-corrected chi connectivity index (χ1v) is 4.64. The molecule has 1 heterocycles. The number of benzene rings is 1. The molecule has 2 aromatic rings. The Hall–Kier alpha value is -1.97. The molecule has 4 nitrogen and oxygen atoms in total. The van der Waals surface area contributed by atoms with E-state index in [1.807, 2.05) is 25.1 Å². The topological polar surface area (TPSA) is 58.0 Å². The number of aryl methyl sites for hydroxylation is 2. The highest BCUT2D eigenvalue weighted by molar-refractivity contribution is 5.68. The van der Waals surface area contributed by atoms with Gasteiger partial charge in [-0.15, -0.1) is 0 Å². The molecular formula is C11H12N2O2. The van der Waals surface area contributed by atoms with E-state index in [0.717, 1.165) is 11.1 Å². The molecule has 0 aliphatic heterocycles. The van der Waals surface area contributed by atoms with Crippen LogP contribution in [-0.2, 0) is 7.05 Å². The lowest BCUT2D eigenvalue weighted by Crippen LogP contribution is -2.03. The highest BCUT2D eigenvalue weighted by atomic mass is 16.3. The second kappa shape index (κ2) is 3.31. The molecule has 1 aromatic carbocycles. The number of rotatable bonds is 1. The van der Waals surface area contributed by atoms with Crippen LogP contribution >= 0.6 is 0 Å². The van der Waals surface area contributed by atoms with Crippen LogP contribution in [0.2, 0.25) is 0 Å². The number of aromatic nitrogens is 2. The molecule has 0 radical (unpaired) electrons. The smallest absolute Gasteiger partial charge is 0.275 e. The minimum absolute atomic E-state index is 0.0365. The van der Waals surface area contributed by atoms with Crippen LogP contribution in [0.3, 0.4) is 0 Å². The van der Waals surface area contributed by atoms with Gasteiger partial charge in [-0.2, -0.15) is 0 Å². The SMILES string of the molecule is Cc1cccc(-c2c(O)n(C)[nH]c2=O)c1. The van der Waals surface area contributed by atoms with Gasteiger partial charge in [-0.1, -0.05) is 29.8 Å². The lowest BCUT2D eigenvalue weighted by Gasteiger charge is -1.99. The zero-order valence-corrected chi connectivity index (χ0v) is 8.61. The maximum absolute atomic E-state index is 11.5. The predicted octanol–water partition coefficient (Wildman–Crippen LogP) is 1.39. The van der Waals surface area contributed by atoms with Crippen LogP contribution in [0.25, 0.3) is 11.1 Å². The summed E-state index contributed by atoms with van der Waals surface area (Å²) in [5, 5.41) is 12.2. The van der Waals surface area contributed by atoms with E-state index >= 15 is 0 Å². The second-order valence-corrected chi connectivity index (χ2v) is 3.57. The third kappa shape index (κ3) is 1.54. The van der Waals surface area contributed by atoms with Crippen LogP contribution in [0.1, 0.15) is 5.56 Å². The molecule has 0 aliphatic carbocycles. The minimum Gasteiger partial charge on any atom is -0.493 e. The zero-order chi connectivity index (χ0) is 11.0. The monoisotopic (exact) mass is 204 g/mol. The third-order valence-corrected chi connectivity index (χ3v) is 2.34. The van der Waals surface area contributed by atoms with Gasteiger partial charge in [0.05, 0.1) is 0 Å². The van der Waals surface area contributed by atoms with Crippen molar-refractivity contribution in [3.63, 3.8) is 0 Å². The highest BCUT2D eigenvalue weighted by Crippen LogP contribution is 2.24. The van der Waals surface area contributed by atoms with Crippen molar-refractivity contribution in [3.8, 4) is 17.0 Å². The van der Waals surface area contributed by atoms with Crippen molar-refractivity contribution >= 4 is 0 Å². The average molecular weight is 204 g/mol. The standard InChI is InChI=1S/C11H12N2O2/c1-7-4-3-5-8(6-7)9-10(14)12-13(2)11(9)15/h3-6,15H,1-2H3,(H,12,14). The summed E-state index contributed by atoms with van der Waals surface area (Å²) in [4.78, 5) is 11.5. The first-order chi connectivity index (χ1) is 7.09. The van der Waals surface area contributed by atoms with E-state index < -0.39 is 0 Å². The molecule has 0 amide bonds. The fraction of sp³-hybridized carbons (Fsp3) is 0.182.